The molecule has 0 saturated heterocycles. The molecule has 1 N–H and O–H groups in total. The van der Waals surface area contributed by atoms with Crippen molar-refractivity contribution < 1.29 is 9.90 Å². The Morgan fingerprint density at radius 3 is 2.80 bits per heavy atom. The van der Waals surface area contributed by atoms with E-state index >= 15 is 0 Å². The standard InChI is InChI=1S/C7H9IO2/c8-6-3-1-2-5(4-6)7(9)10/h1-2,5-6H,3-4H2,(H,9,10). The maximum Gasteiger partial charge on any atom is 0.310 e. The van der Waals surface area contributed by atoms with Gasteiger partial charge in [-0.1, -0.05) is 34.7 Å². The minimum absolute atomic E-state index is 0.240. The van der Waals surface area contributed by atoms with Crippen LogP contribution in [0, 0.1) is 5.92 Å². The maximum atomic E-state index is 10.4. The first-order chi connectivity index (χ1) is 4.70. The number of carboxylic acid groups (broad SMARTS) is 1. The first-order valence-corrected chi connectivity index (χ1v) is 4.48. The number of hydrogen-bond donors (Lipinski definition) is 1. The predicted molar refractivity (Wildman–Crippen MR) is 47.3 cm³/mol. The van der Waals surface area contributed by atoms with Gasteiger partial charge in [0.1, 0.15) is 0 Å². The highest BCUT2D eigenvalue weighted by Crippen LogP contribution is 2.23. The van der Waals surface area contributed by atoms with Crippen LogP contribution in [-0.2, 0) is 4.79 Å². The second-order valence-electron chi connectivity index (χ2n) is 2.44. The van der Waals surface area contributed by atoms with Crippen molar-refractivity contribution in [1.29, 1.82) is 0 Å². The van der Waals surface area contributed by atoms with E-state index in [1.165, 1.54) is 0 Å². The molecule has 0 saturated carbocycles. The number of alkyl halides is 1. The van der Waals surface area contributed by atoms with Crippen LogP contribution in [0.25, 0.3) is 0 Å². The second kappa shape index (κ2) is 3.37. The van der Waals surface area contributed by atoms with Gasteiger partial charge in [-0.15, -0.1) is 0 Å². The zero-order valence-corrected chi connectivity index (χ0v) is 7.61. The van der Waals surface area contributed by atoms with Gasteiger partial charge in [-0.05, 0) is 12.8 Å². The summed E-state index contributed by atoms with van der Waals surface area (Å²) in [5, 5.41) is 8.60. The Labute approximate surface area is 73.5 Å². The fraction of sp³-hybridized carbons (Fsp3) is 0.571. The molecule has 0 fully saturated rings. The first kappa shape index (κ1) is 8.04. The van der Waals surface area contributed by atoms with E-state index in [0.29, 0.717) is 3.92 Å². The van der Waals surface area contributed by atoms with Crippen LogP contribution in [0.15, 0.2) is 12.2 Å². The molecule has 2 atom stereocenters. The molecule has 0 spiro atoms. The minimum atomic E-state index is -0.697. The van der Waals surface area contributed by atoms with E-state index in [-0.39, 0.29) is 5.92 Å². The van der Waals surface area contributed by atoms with Crippen LogP contribution >= 0.6 is 22.6 Å². The lowest BCUT2D eigenvalue weighted by Crippen LogP contribution is -2.18. The monoisotopic (exact) mass is 252 g/mol. The van der Waals surface area contributed by atoms with Crippen LogP contribution in [0.4, 0.5) is 0 Å². The largest absolute Gasteiger partial charge is 0.481 e. The highest BCUT2D eigenvalue weighted by Gasteiger charge is 2.20. The third-order valence-corrected chi connectivity index (χ3v) is 2.60. The first-order valence-electron chi connectivity index (χ1n) is 3.23. The molecule has 2 unspecified atom stereocenters. The summed E-state index contributed by atoms with van der Waals surface area (Å²) in [5.41, 5.74) is 0. The molecule has 0 radical (unpaired) electrons. The van der Waals surface area contributed by atoms with Crippen molar-refractivity contribution >= 4 is 28.6 Å². The van der Waals surface area contributed by atoms with Crippen molar-refractivity contribution in [2.24, 2.45) is 5.92 Å². The van der Waals surface area contributed by atoms with Crippen LogP contribution in [-0.4, -0.2) is 15.0 Å². The molecule has 0 aromatic rings. The number of allylic oxidation sites excluding steroid dienone is 1. The fourth-order valence-electron chi connectivity index (χ4n) is 1.02. The van der Waals surface area contributed by atoms with E-state index in [0.717, 1.165) is 12.8 Å². The van der Waals surface area contributed by atoms with Gasteiger partial charge in [0.25, 0.3) is 0 Å². The second-order valence-corrected chi connectivity index (χ2v) is 4.20. The van der Waals surface area contributed by atoms with Crippen LogP contribution in [0.2, 0.25) is 0 Å². The molecular weight excluding hydrogens is 243 g/mol. The van der Waals surface area contributed by atoms with Gasteiger partial charge in [-0.2, -0.15) is 0 Å². The average Bonchev–Trinajstić information content (AvgIpc) is 1.88. The van der Waals surface area contributed by atoms with Crippen LogP contribution in [0.3, 0.4) is 0 Å². The Morgan fingerprint density at radius 2 is 2.40 bits per heavy atom. The number of hydrogen-bond acceptors (Lipinski definition) is 1. The Bertz CT molecular complexity index is 165. The van der Waals surface area contributed by atoms with Crippen LogP contribution in [0.1, 0.15) is 12.8 Å². The van der Waals surface area contributed by atoms with Crippen molar-refractivity contribution in [3.05, 3.63) is 12.2 Å². The van der Waals surface area contributed by atoms with E-state index < -0.39 is 5.97 Å². The van der Waals surface area contributed by atoms with Crippen molar-refractivity contribution in [1.82, 2.24) is 0 Å². The number of carboxylic acids is 1. The molecule has 0 aromatic heterocycles. The van der Waals surface area contributed by atoms with Gasteiger partial charge < -0.3 is 5.11 Å². The van der Waals surface area contributed by atoms with Crippen molar-refractivity contribution in [2.45, 2.75) is 16.8 Å². The van der Waals surface area contributed by atoms with Gasteiger partial charge in [-0.3, -0.25) is 4.79 Å². The SMILES string of the molecule is O=C(O)C1C=CCC(I)C1. The van der Waals surface area contributed by atoms with E-state index in [1.54, 1.807) is 6.08 Å². The summed E-state index contributed by atoms with van der Waals surface area (Å²) in [4.78, 5) is 10.4. The Kier molecular flexibility index (Phi) is 2.71. The summed E-state index contributed by atoms with van der Waals surface area (Å²) >= 11 is 2.29. The van der Waals surface area contributed by atoms with Gasteiger partial charge in [0.15, 0.2) is 0 Å². The molecule has 3 heteroatoms. The van der Waals surface area contributed by atoms with Gasteiger partial charge in [0.05, 0.1) is 5.92 Å². The Morgan fingerprint density at radius 1 is 1.70 bits per heavy atom. The zero-order chi connectivity index (χ0) is 7.56. The fourth-order valence-corrected chi connectivity index (χ4v) is 1.87. The van der Waals surface area contributed by atoms with Crippen LogP contribution < -0.4 is 0 Å². The lowest BCUT2D eigenvalue weighted by molar-refractivity contribution is -0.140. The Hall–Kier alpha value is -0.0600. The number of rotatable bonds is 1. The third kappa shape index (κ3) is 1.97. The van der Waals surface area contributed by atoms with E-state index in [2.05, 4.69) is 22.6 Å². The molecular formula is C7H9IO2. The number of carbonyl (C=O) groups is 1. The third-order valence-electron chi connectivity index (χ3n) is 1.59. The van der Waals surface area contributed by atoms with Gasteiger partial charge in [0.2, 0.25) is 0 Å². The molecule has 0 aliphatic heterocycles. The smallest absolute Gasteiger partial charge is 0.310 e. The van der Waals surface area contributed by atoms with E-state index in [4.69, 9.17) is 5.11 Å². The lowest BCUT2D eigenvalue weighted by atomic mass is 9.96. The molecule has 2 nitrogen and oxygen atoms in total. The summed E-state index contributed by atoms with van der Waals surface area (Å²) in [6, 6.07) is 0. The average molecular weight is 252 g/mol. The van der Waals surface area contributed by atoms with Gasteiger partial charge >= 0.3 is 5.97 Å². The summed E-state index contributed by atoms with van der Waals surface area (Å²) in [7, 11) is 0. The Balaban J connectivity index is 2.55. The normalized spacial score (nSPS) is 32.1. The minimum Gasteiger partial charge on any atom is -0.481 e. The molecule has 10 heavy (non-hydrogen) atoms. The summed E-state index contributed by atoms with van der Waals surface area (Å²) in [6.07, 6.45) is 5.55. The molecule has 1 aliphatic carbocycles. The van der Waals surface area contributed by atoms with Gasteiger partial charge in [0, 0.05) is 3.92 Å². The maximum absolute atomic E-state index is 10.4. The lowest BCUT2D eigenvalue weighted by Gasteiger charge is -2.16. The van der Waals surface area contributed by atoms with Gasteiger partial charge in [-0.25, -0.2) is 0 Å². The molecule has 1 aliphatic rings. The zero-order valence-electron chi connectivity index (χ0n) is 5.46. The molecule has 0 bridgehead atoms. The van der Waals surface area contributed by atoms with Crippen molar-refractivity contribution in [3.8, 4) is 0 Å². The predicted octanol–water partition coefficient (Wildman–Crippen LogP) is 1.84. The van der Waals surface area contributed by atoms with E-state index in [9.17, 15) is 4.79 Å². The number of halogens is 1. The molecule has 0 aromatic carbocycles. The van der Waals surface area contributed by atoms with Crippen molar-refractivity contribution in [3.63, 3.8) is 0 Å². The number of aliphatic carboxylic acids is 1. The quantitative estimate of drug-likeness (QED) is 0.439. The van der Waals surface area contributed by atoms with Crippen LogP contribution in [0.5, 0.6) is 0 Å². The molecule has 0 amide bonds. The summed E-state index contributed by atoms with van der Waals surface area (Å²) in [6.45, 7) is 0. The molecule has 56 valence electrons. The van der Waals surface area contributed by atoms with E-state index in [1.807, 2.05) is 6.08 Å². The highest BCUT2D eigenvalue weighted by molar-refractivity contribution is 14.1. The molecule has 1 rings (SSSR count). The molecule has 0 heterocycles. The highest BCUT2D eigenvalue weighted by atomic mass is 127. The summed E-state index contributed by atoms with van der Waals surface area (Å²) in [5.74, 6) is -0.937. The van der Waals surface area contributed by atoms with Crippen molar-refractivity contribution in [2.75, 3.05) is 0 Å². The topological polar surface area (TPSA) is 37.3 Å². The summed E-state index contributed by atoms with van der Waals surface area (Å²) < 4.78 is 0.503.